The van der Waals surface area contributed by atoms with Crippen LogP contribution in [0, 0.1) is 13.8 Å². The molecule has 0 fully saturated rings. The van der Waals surface area contributed by atoms with Crippen molar-refractivity contribution in [3.63, 3.8) is 0 Å². The predicted octanol–water partition coefficient (Wildman–Crippen LogP) is 3.00. The second-order valence-corrected chi connectivity index (χ2v) is 2.86. The van der Waals surface area contributed by atoms with Crippen molar-refractivity contribution in [2.75, 3.05) is 0 Å². The number of fused-ring (bicyclic) bond motifs is 1. The van der Waals surface area contributed by atoms with Crippen LogP contribution in [0.1, 0.15) is 11.1 Å². The zero-order valence-corrected chi connectivity index (χ0v) is 6.72. The van der Waals surface area contributed by atoms with E-state index in [9.17, 15) is 0 Å². The summed E-state index contributed by atoms with van der Waals surface area (Å²) in [7, 11) is 0. The molecule has 1 heteroatoms. The molecule has 2 aliphatic rings. The van der Waals surface area contributed by atoms with Crippen LogP contribution in [-0.4, -0.2) is 0 Å². The SMILES string of the molecule is Cc1ccoc2c(C)ccc1-2. The summed E-state index contributed by atoms with van der Waals surface area (Å²) in [6.07, 6.45) is 1.74. The second kappa shape index (κ2) is 2.12. The first-order valence-electron chi connectivity index (χ1n) is 3.72. The fourth-order valence-electron chi connectivity index (χ4n) is 1.33. The first kappa shape index (κ1) is 6.47. The van der Waals surface area contributed by atoms with E-state index >= 15 is 0 Å². The minimum atomic E-state index is 1.02. The Kier molecular flexibility index (Phi) is 1.25. The molecule has 56 valence electrons. The van der Waals surface area contributed by atoms with Gasteiger partial charge in [-0.3, -0.25) is 0 Å². The average Bonchev–Trinajstić information content (AvgIpc) is 2.35. The minimum Gasteiger partial charge on any atom is -0.464 e. The maximum Gasteiger partial charge on any atom is 0.136 e. The van der Waals surface area contributed by atoms with Gasteiger partial charge in [-0.25, -0.2) is 0 Å². The summed E-state index contributed by atoms with van der Waals surface area (Å²) in [5, 5.41) is 0. The predicted molar refractivity (Wildman–Crippen MR) is 44.8 cm³/mol. The Morgan fingerprint density at radius 2 is 1.82 bits per heavy atom. The molecule has 2 rings (SSSR count). The first-order valence-corrected chi connectivity index (χ1v) is 3.72. The van der Waals surface area contributed by atoms with Crippen molar-refractivity contribution < 1.29 is 4.42 Å². The van der Waals surface area contributed by atoms with Gasteiger partial charge in [-0.05, 0) is 31.0 Å². The first-order chi connectivity index (χ1) is 5.29. The highest BCUT2D eigenvalue weighted by atomic mass is 16.3. The second-order valence-electron chi connectivity index (χ2n) is 2.86. The van der Waals surface area contributed by atoms with Gasteiger partial charge < -0.3 is 4.42 Å². The van der Waals surface area contributed by atoms with E-state index in [0.717, 1.165) is 5.76 Å². The van der Waals surface area contributed by atoms with Crippen molar-refractivity contribution in [3.05, 3.63) is 35.6 Å². The van der Waals surface area contributed by atoms with Gasteiger partial charge in [0.25, 0.3) is 0 Å². The smallest absolute Gasteiger partial charge is 0.136 e. The lowest BCUT2D eigenvalue weighted by Crippen LogP contribution is -1.79. The molecular formula is C10H10O. The summed E-state index contributed by atoms with van der Waals surface area (Å²) in [5.74, 6) is 1.02. The molecule has 0 saturated carbocycles. The van der Waals surface area contributed by atoms with E-state index < -0.39 is 0 Å². The molecule has 1 aliphatic carbocycles. The highest BCUT2D eigenvalue weighted by Crippen LogP contribution is 2.29. The molecule has 0 N–H and O–H groups in total. The molecule has 0 spiro atoms. The largest absolute Gasteiger partial charge is 0.464 e. The van der Waals surface area contributed by atoms with Gasteiger partial charge in [-0.15, -0.1) is 0 Å². The topological polar surface area (TPSA) is 13.1 Å². The van der Waals surface area contributed by atoms with Crippen LogP contribution in [0.25, 0.3) is 11.3 Å². The summed E-state index contributed by atoms with van der Waals surface area (Å²) >= 11 is 0. The van der Waals surface area contributed by atoms with E-state index in [1.54, 1.807) is 6.26 Å². The fourth-order valence-corrected chi connectivity index (χ4v) is 1.33. The summed E-state index contributed by atoms with van der Waals surface area (Å²) in [6.45, 7) is 4.16. The molecule has 0 amide bonds. The maximum atomic E-state index is 5.36. The number of rotatable bonds is 0. The lowest BCUT2D eigenvalue weighted by molar-refractivity contribution is 0.562. The van der Waals surface area contributed by atoms with Gasteiger partial charge in [-0.2, -0.15) is 0 Å². The third-order valence-electron chi connectivity index (χ3n) is 2.03. The number of hydrogen-bond acceptors (Lipinski definition) is 1. The molecule has 0 bridgehead atoms. The molecule has 0 atom stereocenters. The van der Waals surface area contributed by atoms with Crippen molar-refractivity contribution >= 4 is 0 Å². The van der Waals surface area contributed by atoms with E-state index in [4.69, 9.17) is 4.42 Å². The van der Waals surface area contributed by atoms with Crippen LogP contribution in [-0.2, 0) is 0 Å². The zero-order chi connectivity index (χ0) is 7.84. The van der Waals surface area contributed by atoms with Crippen LogP contribution < -0.4 is 0 Å². The van der Waals surface area contributed by atoms with Crippen molar-refractivity contribution in [1.29, 1.82) is 0 Å². The van der Waals surface area contributed by atoms with Crippen molar-refractivity contribution in [3.8, 4) is 11.3 Å². The fraction of sp³-hybridized carbons (Fsp3) is 0.200. The van der Waals surface area contributed by atoms with E-state index in [1.807, 2.05) is 6.07 Å². The molecule has 11 heavy (non-hydrogen) atoms. The van der Waals surface area contributed by atoms with E-state index in [-0.39, 0.29) is 0 Å². The zero-order valence-electron chi connectivity index (χ0n) is 6.72. The monoisotopic (exact) mass is 146 g/mol. The molecule has 1 aliphatic heterocycles. The highest BCUT2D eigenvalue weighted by molar-refractivity contribution is 5.67. The third-order valence-corrected chi connectivity index (χ3v) is 2.03. The molecular weight excluding hydrogens is 136 g/mol. The highest BCUT2D eigenvalue weighted by Gasteiger charge is 2.09. The van der Waals surface area contributed by atoms with Gasteiger partial charge in [0.1, 0.15) is 5.76 Å². The Morgan fingerprint density at radius 3 is 2.55 bits per heavy atom. The van der Waals surface area contributed by atoms with Crippen molar-refractivity contribution in [2.45, 2.75) is 13.8 Å². The summed E-state index contributed by atoms with van der Waals surface area (Å²) in [5.41, 5.74) is 3.72. The summed E-state index contributed by atoms with van der Waals surface area (Å²) < 4.78 is 5.36. The molecule has 0 aromatic carbocycles. The minimum absolute atomic E-state index is 1.02. The van der Waals surface area contributed by atoms with Gasteiger partial charge in [0.2, 0.25) is 0 Å². The standard InChI is InChI=1S/C10H10O/c1-7-5-6-11-10-8(2)3-4-9(7)10/h3-6H,1-2H3. The Bertz CT molecular complexity index is 346. The van der Waals surface area contributed by atoms with Gasteiger partial charge in [0, 0.05) is 5.56 Å². The van der Waals surface area contributed by atoms with Crippen molar-refractivity contribution in [1.82, 2.24) is 0 Å². The Labute approximate surface area is 66.0 Å². The van der Waals surface area contributed by atoms with Crippen LogP contribution >= 0.6 is 0 Å². The van der Waals surface area contributed by atoms with Gasteiger partial charge in [-0.1, -0.05) is 12.1 Å². The van der Waals surface area contributed by atoms with Crippen LogP contribution in [0.4, 0.5) is 0 Å². The number of aryl methyl sites for hydroxylation is 2. The molecule has 0 saturated heterocycles. The van der Waals surface area contributed by atoms with Crippen molar-refractivity contribution in [2.24, 2.45) is 0 Å². The molecule has 1 heterocycles. The Hall–Kier alpha value is -1.24. The van der Waals surface area contributed by atoms with E-state index in [0.29, 0.717) is 0 Å². The quantitative estimate of drug-likeness (QED) is 0.556. The van der Waals surface area contributed by atoms with Gasteiger partial charge >= 0.3 is 0 Å². The third kappa shape index (κ3) is 0.845. The Morgan fingerprint density at radius 1 is 1.00 bits per heavy atom. The molecule has 0 aromatic rings. The molecule has 0 unspecified atom stereocenters. The molecule has 1 nitrogen and oxygen atoms in total. The summed E-state index contributed by atoms with van der Waals surface area (Å²) in [4.78, 5) is 0. The van der Waals surface area contributed by atoms with Crippen LogP contribution in [0.2, 0.25) is 0 Å². The maximum absolute atomic E-state index is 5.36. The summed E-state index contributed by atoms with van der Waals surface area (Å²) in [6, 6.07) is 6.17. The lowest BCUT2D eigenvalue weighted by Gasteiger charge is -2.01. The lowest BCUT2D eigenvalue weighted by atomic mass is 10.1. The van der Waals surface area contributed by atoms with Crippen LogP contribution in [0.3, 0.4) is 0 Å². The van der Waals surface area contributed by atoms with E-state index in [2.05, 4.69) is 26.0 Å². The Balaban J connectivity index is 2.79. The average molecular weight is 146 g/mol. The van der Waals surface area contributed by atoms with Crippen LogP contribution in [0.15, 0.2) is 28.9 Å². The molecule has 0 aromatic heterocycles. The van der Waals surface area contributed by atoms with E-state index in [1.165, 1.54) is 16.7 Å². The normalized spacial score (nSPS) is 10.7. The van der Waals surface area contributed by atoms with Crippen LogP contribution in [0.5, 0.6) is 0 Å². The molecule has 0 radical (unpaired) electrons. The van der Waals surface area contributed by atoms with Gasteiger partial charge in [0.05, 0.1) is 6.26 Å². The van der Waals surface area contributed by atoms with Gasteiger partial charge in [0.15, 0.2) is 0 Å². The number of hydrogen-bond donors (Lipinski definition) is 0.